The molecule has 0 aromatic heterocycles. The van der Waals surface area contributed by atoms with Gasteiger partial charge < -0.3 is 5.32 Å². The Morgan fingerprint density at radius 1 is 1.39 bits per heavy atom. The van der Waals surface area contributed by atoms with E-state index in [2.05, 4.69) is 24.1 Å². The zero-order chi connectivity index (χ0) is 13.4. The lowest BCUT2D eigenvalue weighted by atomic mass is 9.99. The van der Waals surface area contributed by atoms with Gasteiger partial charge >= 0.3 is 0 Å². The Labute approximate surface area is 110 Å². The van der Waals surface area contributed by atoms with Crippen molar-refractivity contribution < 1.29 is 4.39 Å². The summed E-state index contributed by atoms with van der Waals surface area (Å²) in [7, 11) is 0. The fourth-order valence-corrected chi connectivity index (χ4v) is 1.96. The summed E-state index contributed by atoms with van der Waals surface area (Å²) in [6.07, 6.45) is 2.69. The normalized spacial score (nSPS) is 11.8. The number of hydrogen-bond acceptors (Lipinski definition) is 1. The van der Waals surface area contributed by atoms with Crippen LogP contribution in [0.1, 0.15) is 50.3 Å². The van der Waals surface area contributed by atoms with Crippen molar-refractivity contribution in [1.29, 1.82) is 0 Å². The molecule has 0 spiro atoms. The Morgan fingerprint density at radius 2 is 2.17 bits per heavy atom. The summed E-state index contributed by atoms with van der Waals surface area (Å²) in [5.74, 6) is 5.81. The van der Waals surface area contributed by atoms with Gasteiger partial charge in [-0.2, -0.15) is 0 Å². The van der Waals surface area contributed by atoms with Crippen molar-refractivity contribution in [1.82, 2.24) is 5.32 Å². The molecule has 0 aliphatic heterocycles. The molecule has 0 aliphatic carbocycles. The van der Waals surface area contributed by atoms with Crippen LogP contribution in [0, 0.1) is 24.6 Å². The smallest absolute Gasteiger partial charge is 0.127 e. The third-order valence-electron chi connectivity index (χ3n) is 2.90. The number of nitrogens with one attached hydrogen (secondary N) is 1. The third kappa shape index (κ3) is 4.50. The molecule has 0 bridgehead atoms. The van der Waals surface area contributed by atoms with E-state index in [1.165, 1.54) is 0 Å². The minimum atomic E-state index is -0.126. The van der Waals surface area contributed by atoms with E-state index in [0.29, 0.717) is 0 Å². The highest BCUT2D eigenvalue weighted by atomic mass is 19.1. The zero-order valence-corrected chi connectivity index (χ0v) is 11.5. The van der Waals surface area contributed by atoms with E-state index in [1.807, 2.05) is 26.0 Å². The van der Waals surface area contributed by atoms with Crippen molar-refractivity contribution in [3.8, 4) is 11.8 Å². The van der Waals surface area contributed by atoms with Crippen LogP contribution in [0.2, 0.25) is 0 Å². The van der Waals surface area contributed by atoms with Crippen LogP contribution in [0.4, 0.5) is 4.39 Å². The summed E-state index contributed by atoms with van der Waals surface area (Å²) in [6.45, 7) is 6.84. The second-order valence-corrected chi connectivity index (χ2v) is 4.50. The van der Waals surface area contributed by atoms with Crippen LogP contribution in [-0.2, 0) is 0 Å². The van der Waals surface area contributed by atoms with Crippen molar-refractivity contribution in [2.75, 3.05) is 6.54 Å². The maximum atomic E-state index is 13.9. The molecule has 0 radical (unpaired) electrons. The minimum Gasteiger partial charge on any atom is -0.310 e. The van der Waals surface area contributed by atoms with Crippen LogP contribution < -0.4 is 5.32 Å². The van der Waals surface area contributed by atoms with Gasteiger partial charge in [-0.1, -0.05) is 24.6 Å². The van der Waals surface area contributed by atoms with Crippen molar-refractivity contribution in [3.05, 3.63) is 35.1 Å². The van der Waals surface area contributed by atoms with Crippen LogP contribution in [0.5, 0.6) is 0 Å². The first-order valence-electron chi connectivity index (χ1n) is 6.58. The molecule has 1 atom stereocenters. The Morgan fingerprint density at radius 3 is 2.83 bits per heavy atom. The monoisotopic (exact) mass is 247 g/mol. The molecule has 1 N–H and O–H groups in total. The summed E-state index contributed by atoms with van der Waals surface area (Å²) in [5, 5.41) is 3.40. The molecule has 0 amide bonds. The van der Waals surface area contributed by atoms with Crippen molar-refractivity contribution >= 4 is 0 Å². The largest absolute Gasteiger partial charge is 0.310 e. The van der Waals surface area contributed by atoms with Crippen LogP contribution in [0.3, 0.4) is 0 Å². The van der Waals surface area contributed by atoms with E-state index in [0.717, 1.165) is 36.9 Å². The fraction of sp³-hybridized carbons (Fsp3) is 0.500. The molecule has 1 rings (SSSR count). The zero-order valence-electron chi connectivity index (χ0n) is 11.5. The first kappa shape index (κ1) is 14.7. The lowest BCUT2D eigenvalue weighted by Gasteiger charge is -2.19. The van der Waals surface area contributed by atoms with E-state index in [-0.39, 0.29) is 11.9 Å². The highest BCUT2D eigenvalue weighted by Gasteiger charge is 2.14. The molecule has 98 valence electrons. The number of benzene rings is 1. The summed E-state index contributed by atoms with van der Waals surface area (Å²) in [5.41, 5.74) is 1.86. The summed E-state index contributed by atoms with van der Waals surface area (Å²) in [6, 6.07) is 5.35. The first-order valence-corrected chi connectivity index (χ1v) is 6.58. The van der Waals surface area contributed by atoms with E-state index in [1.54, 1.807) is 6.07 Å². The number of rotatable bonds is 6. The van der Waals surface area contributed by atoms with Gasteiger partial charge in [0.2, 0.25) is 0 Å². The van der Waals surface area contributed by atoms with E-state index in [9.17, 15) is 4.39 Å². The lowest BCUT2D eigenvalue weighted by molar-refractivity contribution is 0.478. The Hall–Kier alpha value is -1.33. The second-order valence-electron chi connectivity index (χ2n) is 4.50. The van der Waals surface area contributed by atoms with Crippen LogP contribution in [0.25, 0.3) is 0 Å². The Balaban J connectivity index is 2.84. The summed E-state index contributed by atoms with van der Waals surface area (Å²) >= 11 is 0. The summed E-state index contributed by atoms with van der Waals surface area (Å²) in [4.78, 5) is 0. The predicted octanol–water partition coefficient (Wildman–Crippen LogP) is 3.98. The topological polar surface area (TPSA) is 12.0 Å². The first-order chi connectivity index (χ1) is 8.69. The van der Waals surface area contributed by atoms with Gasteiger partial charge in [0.25, 0.3) is 0 Å². The molecule has 0 aliphatic rings. The SMILES string of the molecule is CC#CCCC(NCCC)c1cc(C)ccc1F. The highest BCUT2D eigenvalue weighted by Crippen LogP contribution is 2.22. The second kappa shape index (κ2) is 7.89. The van der Waals surface area contributed by atoms with Crippen molar-refractivity contribution in [2.45, 2.75) is 46.1 Å². The van der Waals surface area contributed by atoms with Gasteiger partial charge in [-0.3, -0.25) is 0 Å². The van der Waals surface area contributed by atoms with Gasteiger partial charge in [-0.05, 0) is 39.3 Å². The van der Waals surface area contributed by atoms with Gasteiger partial charge in [0.1, 0.15) is 5.82 Å². The molecule has 1 unspecified atom stereocenters. The van der Waals surface area contributed by atoms with Crippen LogP contribution in [-0.4, -0.2) is 6.54 Å². The number of aryl methyl sites for hydroxylation is 1. The van der Waals surface area contributed by atoms with E-state index in [4.69, 9.17) is 0 Å². The molecule has 1 aromatic carbocycles. The maximum absolute atomic E-state index is 13.9. The minimum absolute atomic E-state index is 0.0608. The average Bonchev–Trinajstić information content (AvgIpc) is 2.37. The van der Waals surface area contributed by atoms with Crippen molar-refractivity contribution in [3.63, 3.8) is 0 Å². The Kier molecular flexibility index (Phi) is 6.46. The van der Waals surface area contributed by atoms with Gasteiger partial charge in [0.15, 0.2) is 0 Å². The molecule has 0 fully saturated rings. The number of halogens is 1. The predicted molar refractivity (Wildman–Crippen MR) is 74.9 cm³/mol. The van der Waals surface area contributed by atoms with Gasteiger partial charge in [0.05, 0.1) is 0 Å². The Bertz CT molecular complexity index is 428. The average molecular weight is 247 g/mol. The molecule has 1 nitrogen and oxygen atoms in total. The molecular formula is C16H22FN. The highest BCUT2D eigenvalue weighted by molar-refractivity contribution is 5.27. The standard InChI is InChI=1S/C16H22FN/c1-4-6-7-8-16(18-11-5-2)14-12-13(3)9-10-15(14)17/h9-10,12,16,18H,5,7-8,11H2,1-3H3. The molecule has 0 saturated heterocycles. The molecule has 0 heterocycles. The van der Waals surface area contributed by atoms with Crippen LogP contribution >= 0.6 is 0 Å². The van der Waals surface area contributed by atoms with Gasteiger partial charge in [0, 0.05) is 18.0 Å². The van der Waals surface area contributed by atoms with E-state index >= 15 is 0 Å². The van der Waals surface area contributed by atoms with Crippen LogP contribution in [0.15, 0.2) is 18.2 Å². The number of hydrogen-bond donors (Lipinski definition) is 1. The fourth-order valence-electron chi connectivity index (χ4n) is 1.96. The maximum Gasteiger partial charge on any atom is 0.127 e. The molecule has 18 heavy (non-hydrogen) atoms. The lowest BCUT2D eigenvalue weighted by Crippen LogP contribution is -2.23. The molecular weight excluding hydrogens is 225 g/mol. The molecule has 0 saturated carbocycles. The molecule has 2 heteroatoms. The molecule has 1 aromatic rings. The van der Waals surface area contributed by atoms with Gasteiger partial charge in [-0.15, -0.1) is 11.8 Å². The van der Waals surface area contributed by atoms with Gasteiger partial charge in [-0.25, -0.2) is 4.39 Å². The quantitative estimate of drug-likeness (QED) is 0.750. The van der Waals surface area contributed by atoms with E-state index < -0.39 is 0 Å². The third-order valence-corrected chi connectivity index (χ3v) is 2.90. The van der Waals surface area contributed by atoms with Crippen molar-refractivity contribution in [2.24, 2.45) is 0 Å². The summed E-state index contributed by atoms with van der Waals surface area (Å²) < 4.78 is 13.9.